The lowest BCUT2D eigenvalue weighted by Gasteiger charge is -2.11. The molecular weight excluding hydrogens is 296 g/mol. The van der Waals surface area contributed by atoms with E-state index in [-0.39, 0.29) is 6.42 Å². The minimum Gasteiger partial charge on any atom is -0.481 e. The predicted molar refractivity (Wildman–Crippen MR) is 82.9 cm³/mol. The molecule has 0 bridgehead atoms. The van der Waals surface area contributed by atoms with Crippen molar-refractivity contribution in [1.82, 2.24) is 4.98 Å². The van der Waals surface area contributed by atoms with Crippen LogP contribution >= 0.6 is 24.0 Å². The smallest absolute Gasteiger partial charge is 0.313 e. The van der Waals surface area contributed by atoms with Gasteiger partial charge in [-0.2, -0.15) is 0 Å². The van der Waals surface area contributed by atoms with E-state index >= 15 is 0 Å². The summed E-state index contributed by atoms with van der Waals surface area (Å²) in [6, 6.07) is 5.76. The highest BCUT2D eigenvalue weighted by Gasteiger charge is 2.25. The molecule has 0 radical (unpaired) electrons. The second kappa shape index (κ2) is 5.80. The van der Waals surface area contributed by atoms with Crippen molar-refractivity contribution >= 4 is 51.0 Å². The van der Waals surface area contributed by atoms with Gasteiger partial charge in [0, 0.05) is 26.2 Å². The third kappa shape index (κ3) is 3.10. The molecule has 1 atom stereocenters. The van der Waals surface area contributed by atoms with Crippen LogP contribution in [0.25, 0.3) is 10.2 Å². The maximum Gasteiger partial charge on any atom is 0.313 e. The first kappa shape index (κ1) is 14.8. The van der Waals surface area contributed by atoms with Crippen LogP contribution in [0.2, 0.25) is 0 Å². The molecule has 5 nitrogen and oxygen atoms in total. The maximum absolute atomic E-state index is 11.3. The molecule has 0 saturated heterocycles. The Balaban J connectivity index is 2.43. The molecule has 0 amide bonds. The van der Waals surface area contributed by atoms with Gasteiger partial charge in [0.2, 0.25) is 0 Å². The van der Waals surface area contributed by atoms with E-state index in [1.807, 2.05) is 37.2 Å². The van der Waals surface area contributed by atoms with Crippen LogP contribution in [0.4, 0.5) is 5.69 Å². The highest BCUT2D eigenvalue weighted by molar-refractivity contribution is 7.96. The fourth-order valence-corrected chi connectivity index (χ4v) is 3.04. The van der Waals surface area contributed by atoms with Crippen LogP contribution < -0.4 is 4.90 Å². The molecule has 0 aliphatic rings. The number of carboxylic acid groups (broad SMARTS) is 1. The molecule has 0 fully saturated rings. The van der Waals surface area contributed by atoms with E-state index in [9.17, 15) is 14.7 Å². The molecule has 1 unspecified atom stereocenters. The van der Waals surface area contributed by atoms with Crippen molar-refractivity contribution in [1.29, 1.82) is 0 Å². The standard InChI is InChI=1S/C13H14N2O3S2/c1-15(2)7-3-4-10-9(5-7)14-12(20-10)8(13(17)18)6-11(16)19/h3-5,8H,6H2,1-2H3,(H,16,19)(H,17,18). The number of carbonyl (C=O) groups is 2. The number of aromatic nitrogens is 1. The summed E-state index contributed by atoms with van der Waals surface area (Å²) in [7, 11) is 3.85. The summed E-state index contributed by atoms with van der Waals surface area (Å²) in [5.74, 6) is -1.99. The number of thiol groups is 1. The fourth-order valence-electron chi connectivity index (χ4n) is 1.82. The van der Waals surface area contributed by atoms with Gasteiger partial charge in [0.15, 0.2) is 5.12 Å². The molecular formula is C13H14N2O3S2. The second-order valence-electron chi connectivity index (χ2n) is 4.59. The Morgan fingerprint density at radius 1 is 1.45 bits per heavy atom. The molecule has 20 heavy (non-hydrogen) atoms. The summed E-state index contributed by atoms with van der Waals surface area (Å²) in [4.78, 5) is 28.6. The Morgan fingerprint density at radius 2 is 2.15 bits per heavy atom. The molecule has 2 rings (SSSR count). The number of anilines is 1. The summed E-state index contributed by atoms with van der Waals surface area (Å²) >= 11 is 4.96. The monoisotopic (exact) mass is 310 g/mol. The SMILES string of the molecule is CN(C)c1ccc2sc(C(CC(=O)S)C(=O)O)nc2c1. The fraction of sp³-hybridized carbons (Fsp3) is 0.308. The highest BCUT2D eigenvalue weighted by atomic mass is 32.1. The number of nitrogens with zero attached hydrogens (tertiary/aromatic N) is 2. The molecule has 0 aliphatic heterocycles. The minimum absolute atomic E-state index is 0.154. The molecule has 0 aliphatic carbocycles. The van der Waals surface area contributed by atoms with Crippen LogP contribution in [0.3, 0.4) is 0 Å². The first-order valence-corrected chi connectivity index (χ1v) is 7.17. The zero-order chi connectivity index (χ0) is 14.9. The van der Waals surface area contributed by atoms with Gasteiger partial charge < -0.3 is 10.0 Å². The number of hydrogen-bond donors (Lipinski definition) is 2. The van der Waals surface area contributed by atoms with Gasteiger partial charge in [-0.25, -0.2) is 4.98 Å². The Hall–Kier alpha value is -1.60. The average Bonchev–Trinajstić information content (AvgIpc) is 2.77. The zero-order valence-electron chi connectivity index (χ0n) is 11.0. The van der Waals surface area contributed by atoms with Crippen LogP contribution in [0.1, 0.15) is 17.3 Å². The van der Waals surface area contributed by atoms with Crippen LogP contribution in [0.5, 0.6) is 0 Å². The first-order chi connectivity index (χ1) is 9.38. The van der Waals surface area contributed by atoms with Gasteiger partial charge in [0.05, 0.1) is 10.2 Å². The third-order valence-electron chi connectivity index (χ3n) is 2.88. The van der Waals surface area contributed by atoms with E-state index in [0.717, 1.165) is 15.9 Å². The van der Waals surface area contributed by atoms with Gasteiger partial charge in [-0.15, -0.1) is 24.0 Å². The lowest BCUT2D eigenvalue weighted by Crippen LogP contribution is -2.13. The lowest BCUT2D eigenvalue weighted by atomic mass is 10.1. The summed E-state index contributed by atoms with van der Waals surface area (Å²) in [5, 5.41) is 9.20. The normalized spacial score (nSPS) is 12.3. The summed E-state index contributed by atoms with van der Waals surface area (Å²) in [6.45, 7) is 0. The van der Waals surface area contributed by atoms with Crippen molar-refractivity contribution < 1.29 is 14.7 Å². The Labute approximate surface area is 125 Å². The van der Waals surface area contributed by atoms with Gasteiger partial charge in [-0.3, -0.25) is 9.59 Å². The molecule has 1 aromatic heterocycles. The van der Waals surface area contributed by atoms with Gasteiger partial charge >= 0.3 is 5.97 Å². The Kier molecular flexibility index (Phi) is 4.29. The molecule has 2 aromatic rings. The zero-order valence-corrected chi connectivity index (χ0v) is 12.7. The van der Waals surface area contributed by atoms with Crippen molar-refractivity contribution in [3.05, 3.63) is 23.2 Å². The van der Waals surface area contributed by atoms with Gasteiger partial charge in [-0.1, -0.05) is 0 Å². The van der Waals surface area contributed by atoms with E-state index in [1.165, 1.54) is 11.3 Å². The third-order valence-corrected chi connectivity index (χ3v) is 4.21. The number of rotatable bonds is 5. The predicted octanol–water partition coefficient (Wildman–Crippen LogP) is 2.38. The first-order valence-electron chi connectivity index (χ1n) is 5.91. The molecule has 1 heterocycles. The van der Waals surface area contributed by atoms with Gasteiger partial charge in [-0.05, 0) is 18.2 Å². The number of carbonyl (C=O) groups excluding carboxylic acids is 1. The molecule has 0 saturated carbocycles. The number of aliphatic carboxylic acids is 1. The van der Waals surface area contributed by atoms with Gasteiger partial charge in [0.25, 0.3) is 0 Å². The molecule has 1 aromatic carbocycles. The van der Waals surface area contributed by atoms with Crippen LogP contribution in [-0.2, 0) is 9.59 Å². The van der Waals surface area contributed by atoms with Crippen molar-refractivity contribution in [2.75, 3.05) is 19.0 Å². The van der Waals surface area contributed by atoms with Crippen LogP contribution in [-0.4, -0.2) is 35.3 Å². The minimum atomic E-state index is -1.06. The average molecular weight is 310 g/mol. The van der Waals surface area contributed by atoms with Crippen LogP contribution in [0, 0.1) is 0 Å². The van der Waals surface area contributed by atoms with Crippen molar-refractivity contribution in [3.8, 4) is 0 Å². The number of fused-ring (bicyclic) bond motifs is 1. The highest BCUT2D eigenvalue weighted by Crippen LogP contribution is 2.32. The number of thiazole rings is 1. The Bertz CT molecular complexity index is 667. The largest absolute Gasteiger partial charge is 0.481 e. The molecule has 7 heteroatoms. The van der Waals surface area contributed by atoms with E-state index in [4.69, 9.17) is 0 Å². The van der Waals surface area contributed by atoms with E-state index in [2.05, 4.69) is 17.6 Å². The lowest BCUT2D eigenvalue weighted by molar-refractivity contribution is -0.139. The van der Waals surface area contributed by atoms with Crippen molar-refractivity contribution in [2.45, 2.75) is 12.3 Å². The number of hydrogen-bond acceptors (Lipinski definition) is 5. The second-order valence-corrected chi connectivity index (χ2v) is 6.15. The van der Waals surface area contributed by atoms with Gasteiger partial charge in [0.1, 0.15) is 10.9 Å². The van der Waals surface area contributed by atoms with Crippen LogP contribution in [0.15, 0.2) is 18.2 Å². The van der Waals surface area contributed by atoms with E-state index < -0.39 is 17.0 Å². The molecule has 1 N–H and O–H groups in total. The molecule has 106 valence electrons. The quantitative estimate of drug-likeness (QED) is 0.830. The van der Waals surface area contributed by atoms with Crippen molar-refractivity contribution in [2.24, 2.45) is 0 Å². The Morgan fingerprint density at radius 3 is 2.70 bits per heavy atom. The topological polar surface area (TPSA) is 70.5 Å². The van der Waals surface area contributed by atoms with Crippen molar-refractivity contribution in [3.63, 3.8) is 0 Å². The maximum atomic E-state index is 11.3. The van der Waals surface area contributed by atoms with E-state index in [1.54, 1.807) is 0 Å². The van der Waals surface area contributed by atoms with E-state index in [0.29, 0.717) is 5.01 Å². The molecule has 0 spiro atoms. The summed E-state index contributed by atoms with van der Waals surface area (Å²) in [6.07, 6.45) is -0.154. The number of benzene rings is 1. The summed E-state index contributed by atoms with van der Waals surface area (Å²) in [5.41, 5.74) is 1.74. The number of carboxylic acids is 1. The summed E-state index contributed by atoms with van der Waals surface area (Å²) < 4.78 is 0.906.